The number of nitrogens with one attached hydrogen (secondary N) is 1. The molecule has 0 aliphatic heterocycles. The fourth-order valence-electron chi connectivity index (χ4n) is 2.33. The lowest BCUT2D eigenvalue weighted by molar-refractivity contribution is -0.384. The number of non-ortho nitro benzene ring substituents is 1. The predicted molar refractivity (Wildman–Crippen MR) is 96.7 cm³/mol. The second kappa shape index (κ2) is 7.56. The molecule has 9 heteroatoms. The summed E-state index contributed by atoms with van der Waals surface area (Å²) in [5.41, 5.74) is 0.872. The molecular formula is C18H16N4O5. The summed E-state index contributed by atoms with van der Waals surface area (Å²) in [5, 5.41) is 27.1. The lowest BCUT2D eigenvalue weighted by Gasteiger charge is -2.08. The Balaban J connectivity index is 1.65. The Bertz CT molecular complexity index is 999. The van der Waals surface area contributed by atoms with E-state index >= 15 is 0 Å². The van der Waals surface area contributed by atoms with Crippen LogP contribution >= 0.6 is 0 Å². The first-order valence-electron chi connectivity index (χ1n) is 7.94. The molecule has 0 bridgehead atoms. The molecule has 1 aromatic heterocycles. The maximum absolute atomic E-state index is 12.3. The van der Waals surface area contributed by atoms with Crippen molar-refractivity contribution >= 4 is 17.3 Å². The van der Waals surface area contributed by atoms with Crippen molar-refractivity contribution in [3.05, 3.63) is 76.1 Å². The minimum absolute atomic E-state index is 0.0521. The van der Waals surface area contributed by atoms with E-state index < -0.39 is 16.6 Å². The number of hydrogen-bond acceptors (Lipinski definition) is 6. The fraction of sp³-hybridized carbons (Fsp3) is 0.111. The Morgan fingerprint density at radius 3 is 2.78 bits per heavy atom. The van der Waals surface area contributed by atoms with E-state index in [1.54, 1.807) is 6.20 Å². The SMILES string of the molecule is Cc1ccccc1OCn1ccc(C(=O)Nc2ccc([N+](=O)[O-])cc2O)n1. The van der Waals surface area contributed by atoms with Crippen LogP contribution in [0.2, 0.25) is 0 Å². The van der Waals surface area contributed by atoms with Crippen molar-refractivity contribution in [2.24, 2.45) is 0 Å². The van der Waals surface area contributed by atoms with Gasteiger partial charge in [0.1, 0.15) is 11.5 Å². The number of para-hydroxylation sites is 1. The molecule has 1 heterocycles. The van der Waals surface area contributed by atoms with Crippen LogP contribution < -0.4 is 10.1 Å². The zero-order valence-electron chi connectivity index (χ0n) is 14.3. The normalized spacial score (nSPS) is 10.4. The Labute approximate surface area is 154 Å². The number of aromatic nitrogens is 2. The van der Waals surface area contributed by atoms with Gasteiger partial charge in [0.2, 0.25) is 0 Å². The van der Waals surface area contributed by atoms with E-state index in [1.165, 1.54) is 22.9 Å². The van der Waals surface area contributed by atoms with Crippen LogP contribution in [0.4, 0.5) is 11.4 Å². The Kier molecular flexibility index (Phi) is 5.02. The first-order chi connectivity index (χ1) is 12.9. The number of anilines is 1. The van der Waals surface area contributed by atoms with Crippen LogP contribution in [-0.2, 0) is 6.73 Å². The summed E-state index contributed by atoms with van der Waals surface area (Å²) >= 11 is 0. The van der Waals surface area contributed by atoms with Gasteiger partial charge in [0.05, 0.1) is 16.7 Å². The van der Waals surface area contributed by atoms with E-state index in [1.807, 2.05) is 31.2 Å². The summed E-state index contributed by atoms with van der Waals surface area (Å²) < 4.78 is 7.11. The molecule has 1 amide bonds. The molecule has 0 saturated carbocycles. The first kappa shape index (κ1) is 17.9. The Hall–Kier alpha value is -3.88. The average molecular weight is 368 g/mol. The molecule has 0 unspecified atom stereocenters. The zero-order valence-corrected chi connectivity index (χ0v) is 14.3. The number of benzene rings is 2. The van der Waals surface area contributed by atoms with Crippen molar-refractivity contribution in [1.29, 1.82) is 0 Å². The van der Waals surface area contributed by atoms with Gasteiger partial charge < -0.3 is 15.2 Å². The molecule has 9 nitrogen and oxygen atoms in total. The summed E-state index contributed by atoms with van der Waals surface area (Å²) in [4.78, 5) is 22.3. The molecule has 138 valence electrons. The minimum atomic E-state index is -0.637. The van der Waals surface area contributed by atoms with E-state index in [2.05, 4.69) is 10.4 Å². The molecule has 0 fully saturated rings. The third-order valence-electron chi connectivity index (χ3n) is 3.76. The molecule has 0 atom stereocenters. The summed E-state index contributed by atoms with van der Waals surface area (Å²) in [6, 6.07) is 12.4. The van der Waals surface area contributed by atoms with E-state index in [0.717, 1.165) is 17.4 Å². The molecule has 0 aliphatic rings. The van der Waals surface area contributed by atoms with Gasteiger partial charge >= 0.3 is 0 Å². The zero-order chi connectivity index (χ0) is 19.4. The molecule has 0 radical (unpaired) electrons. The van der Waals surface area contributed by atoms with Crippen molar-refractivity contribution in [3.8, 4) is 11.5 Å². The van der Waals surface area contributed by atoms with Gasteiger partial charge in [-0.1, -0.05) is 18.2 Å². The Morgan fingerprint density at radius 2 is 2.07 bits per heavy atom. The van der Waals surface area contributed by atoms with Crippen LogP contribution in [-0.4, -0.2) is 25.7 Å². The van der Waals surface area contributed by atoms with E-state index in [9.17, 15) is 20.0 Å². The van der Waals surface area contributed by atoms with Crippen molar-refractivity contribution in [2.75, 3.05) is 5.32 Å². The van der Waals surface area contributed by atoms with Crippen molar-refractivity contribution < 1.29 is 19.6 Å². The van der Waals surface area contributed by atoms with E-state index in [0.29, 0.717) is 0 Å². The van der Waals surface area contributed by atoms with Gasteiger partial charge in [-0.05, 0) is 30.7 Å². The van der Waals surface area contributed by atoms with E-state index in [4.69, 9.17) is 4.74 Å². The maximum Gasteiger partial charge on any atom is 0.276 e. The van der Waals surface area contributed by atoms with Crippen molar-refractivity contribution in [1.82, 2.24) is 9.78 Å². The highest BCUT2D eigenvalue weighted by Gasteiger charge is 2.15. The third-order valence-corrected chi connectivity index (χ3v) is 3.76. The summed E-state index contributed by atoms with van der Waals surface area (Å²) in [6.07, 6.45) is 1.59. The van der Waals surface area contributed by atoms with Crippen molar-refractivity contribution in [2.45, 2.75) is 13.7 Å². The number of aryl methyl sites for hydroxylation is 1. The van der Waals surface area contributed by atoms with Crippen LogP contribution in [0.3, 0.4) is 0 Å². The highest BCUT2D eigenvalue weighted by atomic mass is 16.6. The molecule has 0 saturated heterocycles. The number of hydrogen-bond donors (Lipinski definition) is 2. The lowest BCUT2D eigenvalue weighted by atomic mass is 10.2. The van der Waals surface area contributed by atoms with Crippen molar-refractivity contribution in [3.63, 3.8) is 0 Å². The number of phenolic OH excluding ortho intramolecular Hbond substituents is 1. The van der Waals surface area contributed by atoms with Crippen LogP contribution in [0, 0.1) is 17.0 Å². The van der Waals surface area contributed by atoms with Crippen LogP contribution in [0.5, 0.6) is 11.5 Å². The maximum atomic E-state index is 12.3. The van der Waals surface area contributed by atoms with Gasteiger partial charge in [-0.15, -0.1) is 0 Å². The molecule has 3 aromatic rings. The molecular weight excluding hydrogens is 352 g/mol. The van der Waals surface area contributed by atoms with Crippen LogP contribution in [0.25, 0.3) is 0 Å². The second-order valence-corrected chi connectivity index (χ2v) is 5.69. The first-order valence-corrected chi connectivity index (χ1v) is 7.94. The standard InChI is InChI=1S/C18H16N4O5/c1-12-4-2-3-5-17(12)27-11-21-9-8-15(20-21)18(24)19-14-7-6-13(22(25)26)10-16(14)23/h2-10,23H,11H2,1H3,(H,19,24). The fourth-order valence-corrected chi connectivity index (χ4v) is 2.33. The number of aromatic hydroxyl groups is 1. The number of rotatable bonds is 6. The van der Waals surface area contributed by atoms with Gasteiger partial charge in [-0.2, -0.15) is 5.10 Å². The van der Waals surface area contributed by atoms with Gasteiger partial charge in [-0.3, -0.25) is 14.9 Å². The van der Waals surface area contributed by atoms with Crippen LogP contribution in [0.1, 0.15) is 16.1 Å². The molecule has 2 N–H and O–H groups in total. The van der Waals surface area contributed by atoms with Gasteiger partial charge in [0, 0.05) is 12.3 Å². The smallest absolute Gasteiger partial charge is 0.276 e. The quantitative estimate of drug-likeness (QED) is 0.392. The summed E-state index contributed by atoms with van der Waals surface area (Å²) in [6.45, 7) is 2.05. The van der Waals surface area contributed by atoms with E-state index in [-0.39, 0.29) is 23.8 Å². The number of amides is 1. The number of nitro benzene ring substituents is 1. The number of carbonyl (C=O) groups excluding carboxylic acids is 1. The topological polar surface area (TPSA) is 120 Å². The lowest BCUT2D eigenvalue weighted by Crippen LogP contribution is -2.14. The average Bonchev–Trinajstić information content (AvgIpc) is 3.11. The van der Waals surface area contributed by atoms with Gasteiger partial charge in [-0.25, -0.2) is 4.68 Å². The monoisotopic (exact) mass is 368 g/mol. The van der Waals surface area contributed by atoms with Gasteiger partial charge in [0.25, 0.3) is 11.6 Å². The minimum Gasteiger partial charge on any atom is -0.506 e. The summed E-state index contributed by atoms with van der Waals surface area (Å²) in [5.74, 6) is -0.247. The molecule has 0 spiro atoms. The summed E-state index contributed by atoms with van der Waals surface area (Å²) in [7, 11) is 0. The van der Waals surface area contributed by atoms with Crippen LogP contribution in [0.15, 0.2) is 54.7 Å². The molecule has 0 aliphatic carbocycles. The molecule has 3 rings (SSSR count). The number of nitro groups is 1. The second-order valence-electron chi connectivity index (χ2n) is 5.69. The highest BCUT2D eigenvalue weighted by molar-refractivity contribution is 6.03. The molecule has 2 aromatic carbocycles. The predicted octanol–water partition coefficient (Wildman–Crippen LogP) is 3.09. The number of carbonyl (C=O) groups is 1. The third kappa shape index (κ3) is 4.21. The van der Waals surface area contributed by atoms with Gasteiger partial charge in [0.15, 0.2) is 12.4 Å². The number of ether oxygens (including phenoxy) is 1. The number of nitrogens with zero attached hydrogens (tertiary/aromatic N) is 3. The largest absolute Gasteiger partial charge is 0.506 e. The Morgan fingerprint density at radius 1 is 1.30 bits per heavy atom. The molecule has 27 heavy (non-hydrogen) atoms. The number of phenols is 1. The highest BCUT2D eigenvalue weighted by Crippen LogP contribution is 2.28.